The van der Waals surface area contributed by atoms with Crippen molar-refractivity contribution in [3.05, 3.63) is 84.4 Å². The van der Waals surface area contributed by atoms with Crippen molar-refractivity contribution >= 4 is 34.2 Å². The van der Waals surface area contributed by atoms with Gasteiger partial charge in [0.25, 0.3) is 5.91 Å². The fourth-order valence-electron chi connectivity index (χ4n) is 2.93. The molecule has 1 unspecified atom stereocenters. The normalized spacial score (nSPS) is 12.9. The molecule has 0 aromatic heterocycles. The first-order valence-electron chi connectivity index (χ1n) is 9.49. The first-order valence-corrected chi connectivity index (χ1v) is 9.49. The van der Waals surface area contributed by atoms with Gasteiger partial charge < -0.3 is 5.32 Å². The number of hydrogen-bond donors (Lipinski definition) is 2. The summed E-state index contributed by atoms with van der Waals surface area (Å²) in [6, 6.07) is 23.8. The van der Waals surface area contributed by atoms with E-state index in [1.54, 1.807) is 0 Å². The Hall–Kier alpha value is -3.40. The van der Waals surface area contributed by atoms with Gasteiger partial charge in [-0.05, 0) is 36.4 Å². The molecule has 4 heteroatoms. The SMILES string of the molecule is CCC(Nc1cccc2ccccc12)C(=O)NN=C(C)/C=C/c1ccccc1. The van der Waals surface area contributed by atoms with Crippen LogP contribution in [0.25, 0.3) is 16.8 Å². The zero-order valence-electron chi connectivity index (χ0n) is 16.2. The molecule has 3 rings (SSSR count). The smallest absolute Gasteiger partial charge is 0.262 e. The molecule has 3 aromatic rings. The van der Waals surface area contributed by atoms with Crippen LogP contribution in [0.15, 0.2) is 84.0 Å². The molecule has 0 saturated heterocycles. The van der Waals surface area contributed by atoms with Crippen molar-refractivity contribution in [1.82, 2.24) is 5.43 Å². The highest BCUT2D eigenvalue weighted by molar-refractivity contribution is 5.98. The molecule has 0 aliphatic heterocycles. The molecule has 0 heterocycles. The van der Waals surface area contributed by atoms with E-state index in [1.165, 1.54) is 0 Å². The summed E-state index contributed by atoms with van der Waals surface area (Å²) in [5, 5.41) is 9.80. The standard InChI is InChI=1S/C24H25N3O/c1-3-22(25-23-15-9-13-20-12-7-8-14-21(20)23)24(28)27-26-18(2)16-17-19-10-5-4-6-11-19/h4-17,22,25H,3H2,1-2H3,(H,27,28)/b17-16+,26-18?. The van der Waals surface area contributed by atoms with E-state index in [1.807, 2.05) is 80.6 Å². The quantitative estimate of drug-likeness (QED) is 0.441. The van der Waals surface area contributed by atoms with E-state index >= 15 is 0 Å². The molecule has 0 aliphatic carbocycles. The molecule has 28 heavy (non-hydrogen) atoms. The molecule has 4 nitrogen and oxygen atoms in total. The van der Waals surface area contributed by atoms with E-state index in [0.29, 0.717) is 6.42 Å². The van der Waals surface area contributed by atoms with Crippen molar-refractivity contribution in [2.75, 3.05) is 5.32 Å². The van der Waals surface area contributed by atoms with Gasteiger partial charge in [-0.1, -0.05) is 79.7 Å². The van der Waals surface area contributed by atoms with Crippen LogP contribution in [0, 0.1) is 0 Å². The highest BCUT2D eigenvalue weighted by Crippen LogP contribution is 2.24. The summed E-state index contributed by atoms with van der Waals surface area (Å²) in [6.45, 7) is 3.84. The average Bonchev–Trinajstić information content (AvgIpc) is 2.75. The van der Waals surface area contributed by atoms with E-state index < -0.39 is 0 Å². The number of nitrogens with one attached hydrogen (secondary N) is 2. The van der Waals surface area contributed by atoms with Crippen LogP contribution in [0.3, 0.4) is 0 Å². The Morgan fingerprint density at radius 3 is 2.50 bits per heavy atom. The fourth-order valence-corrected chi connectivity index (χ4v) is 2.93. The van der Waals surface area contributed by atoms with Crippen LogP contribution in [0.1, 0.15) is 25.8 Å². The van der Waals surface area contributed by atoms with Crippen LogP contribution < -0.4 is 10.7 Å². The second-order valence-electron chi connectivity index (χ2n) is 6.61. The van der Waals surface area contributed by atoms with E-state index in [2.05, 4.69) is 34.0 Å². The van der Waals surface area contributed by atoms with E-state index in [0.717, 1.165) is 27.7 Å². The minimum absolute atomic E-state index is 0.150. The van der Waals surface area contributed by atoms with Crippen molar-refractivity contribution in [1.29, 1.82) is 0 Å². The second-order valence-corrected chi connectivity index (χ2v) is 6.61. The van der Waals surface area contributed by atoms with Gasteiger partial charge in [-0.3, -0.25) is 4.79 Å². The topological polar surface area (TPSA) is 53.5 Å². The Labute approximate surface area is 166 Å². The minimum Gasteiger partial charge on any atom is -0.373 e. The molecule has 0 aliphatic rings. The molecule has 1 atom stereocenters. The number of nitrogens with zero attached hydrogens (tertiary/aromatic N) is 1. The Morgan fingerprint density at radius 1 is 1.00 bits per heavy atom. The number of carbonyl (C=O) groups excluding carboxylic acids is 1. The Balaban J connectivity index is 1.65. The predicted octanol–water partition coefficient (Wildman–Crippen LogP) is 5.24. The number of benzene rings is 3. The van der Waals surface area contributed by atoms with Crippen molar-refractivity contribution in [2.45, 2.75) is 26.3 Å². The summed E-state index contributed by atoms with van der Waals surface area (Å²) in [5.74, 6) is -0.150. The lowest BCUT2D eigenvalue weighted by molar-refractivity contribution is -0.121. The third-order valence-corrected chi connectivity index (χ3v) is 4.50. The van der Waals surface area contributed by atoms with Gasteiger partial charge in [-0.15, -0.1) is 0 Å². The van der Waals surface area contributed by atoms with Crippen molar-refractivity contribution in [2.24, 2.45) is 5.10 Å². The zero-order valence-corrected chi connectivity index (χ0v) is 16.2. The summed E-state index contributed by atoms with van der Waals surface area (Å²) < 4.78 is 0. The van der Waals surface area contributed by atoms with Gasteiger partial charge >= 0.3 is 0 Å². The number of fused-ring (bicyclic) bond motifs is 1. The molecule has 1 amide bonds. The van der Waals surface area contributed by atoms with Gasteiger partial charge in [-0.25, -0.2) is 5.43 Å². The summed E-state index contributed by atoms with van der Waals surface area (Å²) in [5.41, 5.74) is 5.45. The van der Waals surface area contributed by atoms with Crippen molar-refractivity contribution < 1.29 is 4.79 Å². The van der Waals surface area contributed by atoms with Crippen LogP contribution in [-0.2, 0) is 4.79 Å². The third-order valence-electron chi connectivity index (χ3n) is 4.50. The van der Waals surface area contributed by atoms with Gasteiger partial charge in [0.05, 0.1) is 5.71 Å². The lowest BCUT2D eigenvalue weighted by Gasteiger charge is -2.18. The number of anilines is 1. The van der Waals surface area contributed by atoms with Crippen molar-refractivity contribution in [3.8, 4) is 0 Å². The van der Waals surface area contributed by atoms with Gasteiger partial charge in [0, 0.05) is 11.1 Å². The predicted molar refractivity (Wildman–Crippen MR) is 118 cm³/mol. The van der Waals surface area contributed by atoms with Crippen LogP contribution in [0.4, 0.5) is 5.69 Å². The lowest BCUT2D eigenvalue weighted by atomic mass is 10.1. The summed E-state index contributed by atoms with van der Waals surface area (Å²) in [7, 11) is 0. The Morgan fingerprint density at radius 2 is 1.71 bits per heavy atom. The molecule has 142 valence electrons. The number of allylic oxidation sites excluding steroid dienone is 1. The summed E-state index contributed by atoms with van der Waals surface area (Å²) >= 11 is 0. The number of hydrazone groups is 1. The molecule has 0 bridgehead atoms. The molecule has 0 fully saturated rings. The highest BCUT2D eigenvalue weighted by atomic mass is 16.2. The number of hydrogen-bond acceptors (Lipinski definition) is 3. The van der Waals surface area contributed by atoms with Gasteiger partial charge in [0.15, 0.2) is 0 Å². The van der Waals surface area contributed by atoms with Gasteiger partial charge in [0.1, 0.15) is 6.04 Å². The fraction of sp³-hybridized carbons (Fsp3) is 0.167. The van der Waals surface area contributed by atoms with Gasteiger partial charge in [-0.2, -0.15) is 5.10 Å². The third kappa shape index (κ3) is 5.07. The first kappa shape index (κ1) is 19.4. The Kier molecular flexibility index (Phi) is 6.58. The van der Waals surface area contributed by atoms with E-state index in [4.69, 9.17) is 0 Å². The molecular formula is C24H25N3O. The molecule has 0 radical (unpaired) electrons. The average molecular weight is 371 g/mol. The Bertz CT molecular complexity index is 988. The first-order chi connectivity index (χ1) is 13.7. The van der Waals surface area contributed by atoms with Crippen LogP contribution in [0.2, 0.25) is 0 Å². The van der Waals surface area contributed by atoms with Crippen LogP contribution in [-0.4, -0.2) is 17.7 Å². The highest BCUT2D eigenvalue weighted by Gasteiger charge is 2.16. The molecule has 2 N–H and O–H groups in total. The van der Waals surface area contributed by atoms with Crippen molar-refractivity contribution in [3.63, 3.8) is 0 Å². The zero-order chi connectivity index (χ0) is 19.8. The van der Waals surface area contributed by atoms with E-state index in [9.17, 15) is 4.79 Å². The lowest BCUT2D eigenvalue weighted by Crippen LogP contribution is -2.37. The molecule has 0 saturated carbocycles. The maximum Gasteiger partial charge on any atom is 0.262 e. The largest absolute Gasteiger partial charge is 0.373 e. The molecular weight excluding hydrogens is 346 g/mol. The number of amides is 1. The maximum absolute atomic E-state index is 12.6. The second kappa shape index (κ2) is 9.51. The molecule has 3 aromatic carbocycles. The maximum atomic E-state index is 12.6. The molecule has 0 spiro atoms. The summed E-state index contributed by atoms with van der Waals surface area (Å²) in [6.07, 6.45) is 4.51. The minimum atomic E-state index is -0.361. The van der Waals surface area contributed by atoms with Crippen LogP contribution >= 0.6 is 0 Å². The number of carbonyl (C=O) groups is 1. The van der Waals surface area contributed by atoms with Gasteiger partial charge in [0.2, 0.25) is 0 Å². The monoisotopic (exact) mass is 371 g/mol. The van der Waals surface area contributed by atoms with Crippen LogP contribution in [0.5, 0.6) is 0 Å². The number of rotatable bonds is 7. The van der Waals surface area contributed by atoms with E-state index in [-0.39, 0.29) is 11.9 Å². The summed E-state index contributed by atoms with van der Waals surface area (Å²) in [4.78, 5) is 12.6.